The molecule has 0 saturated heterocycles. The van der Waals surface area contributed by atoms with Gasteiger partial charge in [-0.2, -0.15) is 0 Å². The maximum Gasteiger partial charge on any atom is 0.151 e. The molecule has 1 aromatic carbocycles. The molecule has 0 aromatic heterocycles. The number of aliphatic hydroxyl groups excluding tert-OH is 1. The van der Waals surface area contributed by atoms with Gasteiger partial charge in [0.2, 0.25) is 0 Å². The molecule has 0 heterocycles. The highest BCUT2D eigenvalue weighted by molar-refractivity contribution is 5.54. The summed E-state index contributed by atoms with van der Waals surface area (Å²) in [6.07, 6.45) is 0.569. The summed E-state index contributed by atoms with van der Waals surface area (Å²) in [6, 6.07) is 1.71. The van der Waals surface area contributed by atoms with Gasteiger partial charge in [0.25, 0.3) is 0 Å². The monoisotopic (exact) mass is 216 g/mol. The van der Waals surface area contributed by atoms with Crippen molar-refractivity contribution in [2.75, 3.05) is 17.7 Å². The van der Waals surface area contributed by atoms with Gasteiger partial charge in [-0.1, -0.05) is 6.92 Å². The molecule has 15 heavy (non-hydrogen) atoms. The van der Waals surface area contributed by atoms with Crippen LogP contribution in [-0.4, -0.2) is 17.8 Å². The van der Waals surface area contributed by atoms with E-state index >= 15 is 0 Å². The van der Waals surface area contributed by atoms with E-state index in [2.05, 4.69) is 5.32 Å². The second-order valence-electron chi connectivity index (χ2n) is 3.29. The fourth-order valence-corrected chi connectivity index (χ4v) is 1.21. The SMILES string of the molecule is CCC(CO)Nc1c(F)cc(N)cc1F. The van der Waals surface area contributed by atoms with Gasteiger partial charge in [-0.25, -0.2) is 8.78 Å². The maximum absolute atomic E-state index is 13.3. The Bertz CT molecular complexity index is 317. The zero-order valence-corrected chi connectivity index (χ0v) is 8.43. The molecule has 84 valence electrons. The highest BCUT2D eigenvalue weighted by Gasteiger charge is 2.13. The first-order valence-electron chi connectivity index (χ1n) is 4.70. The Hall–Kier alpha value is -1.36. The topological polar surface area (TPSA) is 58.3 Å². The van der Waals surface area contributed by atoms with Crippen molar-refractivity contribution in [3.63, 3.8) is 0 Å². The Labute approximate surface area is 86.9 Å². The number of hydrogen-bond acceptors (Lipinski definition) is 3. The van der Waals surface area contributed by atoms with E-state index < -0.39 is 11.6 Å². The zero-order valence-electron chi connectivity index (χ0n) is 8.43. The molecule has 0 spiro atoms. The van der Waals surface area contributed by atoms with Gasteiger partial charge in [-0.05, 0) is 18.6 Å². The molecule has 0 amide bonds. The number of nitrogens with two attached hydrogens (primary N) is 1. The predicted octanol–water partition coefficient (Wildman–Crippen LogP) is 1.73. The molecule has 5 heteroatoms. The lowest BCUT2D eigenvalue weighted by Gasteiger charge is -2.16. The molecule has 1 unspecified atom stereocenters. The minimum Gasteiger partial charge on any atom is -0.399 e. The van der Waals surface area contributed by atoms with Crippen LogP contribution in [0.1, 0.15) is 13.3 Å². The highest BCUT2D eigenvalue weighted by atomic mass is 19.1. The summed E-state index contributed by atoms with van der Waals surface area (Å²) in [7, 11) is 0. The molecule has 0 bridgehead atoms. The zero-order chi connectivity index (χ0) is 11.4. The van der Waals surface area contributed by atoms with Crippen LogP contribution in [0.4, 0.5) is 20.2 Å². The van der Waals surface area contributed by atoms with Crippen LogP contribution < -0.4 is 11.1 Å². The van der Waals surface area contributed by atoms with Crippen molar-refractivity contribution < 1.29 is 13.9 Å². The van der Waals surface area contributed by atoms with Crippen molar-refractivity contribution in [2.24, 2.45) is 0 Å². The van der Waals surface area contributed by atoms with E-state index in [0.717, 1.165) is 12.1 Å². The fraction of sp³-hybridized carbons (Fsp3) is 0.400. The largest absolute Gasteiger partial charge is 0.399 e. The Morgan fingerprint density at radius 3 is 2.33 bits per heavy atom. The number of aliphatic hydroxyl groups is 1. The summed E-state index contributed by atoms with van der Waals surface area (Å²) < 4.78 is 26.6. The summed E-state index contributed by atoms with van der Waals surface area (Å²) in [5.41, 5.74) is 5.06. The number of halogens is 2. The smallest absolute Gasteiger partial charge is 0.151 e. The fourth-order valence-electron chi connectivity index (χ4n) is 1.21. The normalized spacial score (nSPS) is 12.5. The number of benzene rings is 1. The molecule has 0 aliphatic carbocycles. The van der Waals surface area contributed by atoms with Crippen LogP contribution in [0.3, 0.4) is 0 Å². The van der Waals surface area contributed by atoms with Gasteiger partial charge in [-0.15, -0.1) is 0 Å². The molecular formula is C10H14F2N2O. The van der Waals surface area contributed by atoms with Crippen molar-refractivity contribution in [1.82, 2.24) is 0 Å². The van der Waals surface area contributed by atoms with Crippen molar-refractivity contribution >= 4 is 11.4 Å². The average Bonchev–Trinajstić information content (AvgIpc) is 2.17. The first-order chi connectivity index (χ1) is 7.08. The minimum atomic E-state index is -0.751. The number of anilines is 2. The summed E-state index contributed by atoms with van der Waals surface area (Å²) in [5.74, 6) is -1.50. The van der Waals surface area contributed by atoms with E-state index in [9.17, 15) is 8.78 Å². The third-order valence-corrected chi connectivity index (χ3v) is 2.13. The number of nitrogens with one attached hydrogen (secondary N) is 1. The van der Waals surface area contributed by atoms with Crippen molar-refractivity contribution in [3.8, 4) is 0 Å². The van der Waals surface area contributed by atoms with Gasteiger partial charge in [-0.3, -0.25) is 0 Å². The Morgan fingerprint density at radius 2 is 1.93 bits per heavy atom. The first kappa shape index (κ1) is 11.7. The van der Waals surface area contributed by atoms with Gasteiger partial charge in [0, 0.05) is 11.7 Å². The molecule has 4 N–H and O–H groups in total. The van der Waals surface area contributed by atoms with Gasteiger partial charge >= 0.3 is 0 Å². The van der Waals surface area contributed by atoms with E-state index in [1.165, 1.54) is 0 Å². The molecule has 0 aliphatic rings. The Kier molecular flexibility index (Phi) is 3.85. The van der Waals surface area contributed by atoms with E-state index in [1.807, 2.05) is 0 Å². The van der Waals surface area contributed by atoms with E-state index in [4.69, 9.17) is 10.8 Å². The summed E-state index contributed by atoms with van der Waals surface area (Å²) >= 11 is 0. The molecule has 0 fully saturated rings. The van der Waals surface area contributed by atoms with E-state index in [-0.39, 0.29) is 24.0 Å². The molecule has 0 radical (unpaired) electrons. The van der Waals surface area contributed by atoms with Gasteiger partial charge in [0.05, 0.1) is 6.61 Å². The molecule has 1 atom stereocenters. The molecule has 0 saturated carbocycles. The van der Waals surface area contributed by atoms with Gasteiger partial charge in [0.15, 0.2) is 11.6 Å². The van der Waals surface area contributed by atoms with Crippen molar-refractivity contribution in [3.05, 3.63) is 23.8 Å². The average molecular weight is 216 g/mol. The van der Waals surface area contributed by atoms with Crippen LogP contribution in [0.2, 0.25) is 0 Å². The standard InChI is InChI=1S/C10H14F2N2O/c1-2-7(5-15)14-10-8(11)3-6(13)4-9(10)12/h3-4,7,14-15H,2,5,13H2,1H3. The van der Waals surface area contributed by atoms with Crippen LogP contribution in [0.25, 0.3) is 0 Å². The van der Waals surface area contributed by atoms with Gasteiger partial charge < -0.3 is 16.2 Å². The summed E-state index contributed by atoms with van der Waals surface area (Å²) in [4.78, 5) is 0. The number of nitrogen functional groups attached to an aromatic ring is 1. The van der Waals surface area contributed by atoms with Crippen LogP contribution in [0, 0.1) is 11.6 Å². The second kappa shape index (κ2) is 4.93. The quantitative estimate of drug-likeness (QED) is 0.672. The number of rotatable bonds is 4. The molecule has 0 aliphatic heterocycles. The number of hydrogen-bond donors (Lipinski definition) is 3. The molecule has 1 aromatic rings. The molecule has 1 rings (SSSR count). The van der Waals surface area contributed by atoms with E-state index in [1.54, 1.807) is 6.92 Å². The first-order valence-corrected chi connectivity index (χ1v) is 4.70. The third-order valence-electron chi connectivity index (χ3n) is 2.13. The van der Waals surface area contributed by atoms with Crippen LogP contribution in [0.5, 0.6) is 0 Å². The van der Waals surface area contributed by atoms with Crippen LogP contribution >= 0.6 is 0 Å². The maximum atomic E-state index is 13.3. The summed E-state index contributed by atoms with van der Waals surface area (Å²) in [6.45, 7) is 1.63. The lowest BCUT2D eigenvalue weighted by molar-refractivity contribution is 0.271. The third kappa shape index (κ3) is 2.79. The predicted molar refractivity (Wildman–Crippen MR) is 55.6 cm³/mol. The van der Waals surface area contributed by atoms with Crippen molar-refractivity contribution in [2.45, 2.75) is 19.4 Å². The summed E-state index contributed by atoms with van der Waals surface area (Å²) in [5, 5.41) is 11.5. The Morgan fingerprint density at radius 1 is 1.40 bits per heavy atom. The minimum absolute atomic E-state index is 0.0348. The van der Waals surface area contributed by atoms with Gasteiger partial charge in [0.1, 0.15) is 5.69 Å². The lowest BCUT2D eigenvalue weighted by Crippen LogP contribution is -2.24. The Balaban J connectivity index is 2.94. The molecule has 3 nitrogen and oxygen atoms in total. The van der Waals surface area contributed by atoms with Crippen molar-refractivity contribution in [1.29, 1.82) is 0 Å². The highest BCUT2D eigenvalue weighted by Crippen LogP contribution is 2.22. The molecular weight excluding hydrogens is 202 g/mol. The second-order valence-corrected chi connectivity index (χ2v) is 3.29. The van der Waals surface area contributed by atoms with Crippen LogP contribution in [-0.2, 0) is 0 Å². The lowest BCUT2D eigenvalue weighted by atomic mass is 10.2. The van der Waals surface area contributed by atoms with Crippen LogP contribution in [0.15, 0.2) is 12.1 Å². The van der Waals surface area contributed by atoms with E-state index in [0.29, 0.717) is 6.42 Å².